The fourth-order valence-electron chi connectivity index (χ4n) is 3.60. The molecule has 160 valence electrons. The number of hydrogen-bond acceptors (Lipinski definition) is 7. The van der Waals surface area contributed by atoms with Crippen molar-refractivity contribution in [3.8, 4) is 11.8 Å². The van der Waals surface area contributed by atoms with Crippen molar-refractivity contribution < 1.29 is 13.3 Å². The molecule has 0 radical (unpaired) electrons. The van der Waals surface area contributed by atoms with Gasteiger partial charge in [0.15, 0.2) is 6.10 Å². The second-order valence-corrected chi connectivity index (χ2v) is 10.1. The van der Waals surface area contributed by atoms with Gasteiger partial charge in [0.25, 0.3) is 0 Å². The molecule has 3 aromatic rings. The minimum atomic E-state index is -2.19. The molecular weight excluding hydrogens is 417 g/mol. The Bertz CT molecular complexity index is 1300. The average Bonchev–Trinajstić information content (AvgIpc) is 3.15. The van der Waals surface area contributed by atoms with Crippen molar-refractivity contribution in [2.45, 2.75) is 32.8 Å². The molecule has 7 nitrogen and oxygen atoms in total. The van der Waals surface area contributed by atoms with Crippen molar-refractivity contribution in [3.05, 3.63) is 48.0 Å². The number of aromatic nitrogens is 2. The third-order valence-corrected chi connectivity index (χ3v) is 7.45. The van der Waals surface area contributed by atoms with Crippen LogP contribution in [0.25, 0.3) is 10.9 Å². The van der Waals surface area contributed by atoms with Gasteiger partial charge in [0.05, 0.1) is 26.6 Å². The lowest BCUT2D eigenvalue weighted by atomic mass is 10.1. The summed E-state index contributed by atoms with van der Waals surface area (Å²) in [7, 11) is -2.19. The number of nitrogens with one attached hydrogen (secondary N) is 1. The van der Waals surface area contributed by atoms with E-state index in [0.717, 1.165) is 23.8 Å². The molecule has 31 heavy (non-hydrogen) atoms. The molecule has 0 spiro atoms. The Kier molecular flexibility index (Phi) is 5.74. The van der Waals surface area contributed by atoms with Crippen molar-refractivity contribution in [1.29, 1.82) is 5.26 Å². The zero-order chi connectivity index (χ0) is 22.0. The van der Waals surface area contributed by atoms with E-state index in [9.17, 15) is 8.60 Å². The molecule has 2 aromatic carbocycles. The van der Waals surface area contributed by atoms with Gasteiger partial charge in [-0.15, -0.1) is 0 Å². The quantitative estimate of drug-likeness (QED) is 0.600. The molecule has 2 heterocycles. The van der Waals surface area contributed by atoms with Gasteiger partial charge in [0.2, 0.25) is 0 Å². The first-order valence-corrected chi connectivity index (χ1v) is 11.8. The Morgan fingerprint density at radius 2 is 2.03 bits per heavy atom. The van der Waals surface area contributed by atoms with Crippen LogP contribution in [0, 0.1) is 24.1 Å². The number of nitrogens with zero attached hydrogens (tertiary/aromatic N) is 4. The molecule has 1 atom stereocenters. The van der Waals surface area contributed by atoms with Gasteiger partial charge in [-0.3, -0.25) is 0 Å². The third-order valence-electron chi connectivity index (χ3n) is 5.05. The molecule has 1 unspecified atom stereocenters. The molecular formula is C22H22FN5O2S. The third kappa shape index (κ3) is 4.59. The molecule has 1 aromatic heterocycles. The molecule has 1 saturated heterocycles. The van der Waals surface area contributed by atoms with Crippen LogP contribution in [-0.4, -0.2) is 31.8 Å². The number of anilines is 2. The number of aryl methyl sites for hydroxylation is 1. The van der Waals surface area contributed by atoms with Gasteiger partial charge in [0, 0.05) is 23.0 Å². The lowest BCUT2D eigenvalue weighted by molar-refractivity contribution is 0.276. The van der Waals surface area contributed by atoms with Crippen LogP contribution in [0.5, 0.6) is 5.75 Å². The van der Waals surface area contributed by atoms with Crippen LogP contribution in [-0.2, 0) is 9.73 Å². The Morgan fingerprint density at radius 1 is 1.26 bits per heavy atom. The normalized spacial score (nSPS) is 15.9. The Morgan fingerprint density at radius 3 is 2.77 bits per heavy atom. The van der Waals surface area contributed by atoms with E-state index in [1.165, 1.54) is 24.5 Å². The maximum atomic E-state index is 13.7. The van der Waals surface area contributed by atoms with Gasteiger partial charge in [-0.1, -0.05) is 0 Å². The van der Waals surface area contributed by atoms with E-state index in [2.05, 4.69) is 19.6 Å². The molecule has 0 bridgehead atoms. The van der Waals surface area contributed by atoms with Crippen LogP contribution in [0.3, 0.4) is 0 Å². The van der Waals surface area contributed by atoms with Crippen LogP contribution in [0.15, 0.2) is 41.0 Å². The minimum absolute atomic E-state index is 0.211. The van der Waals surface area contributed by atoms with Crippen LogP contribution in [0.4, 0.5) is 21.6 Å². The monoisotopic (exact) mass is 439 g/mol. The van der Waals surface area contributed by atoms with Crippen molar-refractivity contribution >= 4 is 37.8 Å². The number of nitriles is 1. The summed E-state index contributed by atoms with van der Waals surface area (Å²) in [5, 5.41) is 13.0. The van der Waals surface area contributed by atoms with Crippen molar-refractivity contribution in [2.24, 2.45) is 4.36 Å². The molecule has 1 aliphatic rings. The Balaban J connectivity index is 1.75. The van der Waals surface area contributed by atoms with Crippen LogP contribution < -0.4 is 10.1 Å². The SMILES string of the molecule is Cc1cc(N=S2(=O)CCCC2)cc2ncnc(Nc3ccc(F)cc3OC(C)C#N)c12. The average molecular weight is 440 g/mol. The van der Waals surface area contributed by atoms with E-state index in [1.54, 1.807) is 13.0 Å². The number of halogens is 1. The molecule has 1 N–H and O–H groups in total. The predicted molar refractivity (Wildman–Crippen MR) is 119 cm³/mol. The maximum Gasteiger partial charge on any atom is 0.181 e. The van der Waals surface area contributed by atoms with Crippen LogP contribution in [0.1, 0.15) is 25.3 Å². The van der Waals surface area contributed by atoms with E-state index in [4.69, 9.17) is 10.00 Å². The summed E-state index contributed by atoms with van der Waals surface area (Å²) in [4.78, 5) is 8.71. The van der Waals surface area contributed by atoms with Gasteiger partial charge in [-0.05, 0) is 56.5 Å². The van der Waals surface area contributed by atoms with Gasteiger partial charge in [-0.2, -0.15) is 9.62 Å². The number of fused-ring (bicyclic) bond motifs is 1. The first-order chi connectivity index (χ1) is 14.9. The first kappa shape index (κ1) is 21.0. The van der Waals surface area contributed by atoms with E-state index in [1.807, 2.05) is 19.1 Å². The van der Waals surface area contributed by atoms with Crippen LogP contribution >= 0.6 is 0 Å². The first-order valence-electron chi connectivity index (χ1n) is 9.97. The fourth-order valence-corrected chi connectivity index (χ4v) is 5.79. The lowest BCUT2D eigenvalue weighted by Gasteiger charge is -2.16. The number of ether oxygens (including phenoxy) is 1. The second-order valence-electron chi connectivity index (χ2n) is 7.51. The van der Waals surface area contributed by atoms with Crippen molar-refractivity contribution in [1.82, 2.24) is 9.97 Å². The highest BCUT2D eigenvalue weighted by atomic mass is 32.2. The summed E-state index contributed by atoms with van der Waals surface area (Å²) in [6, 6.07) is 9.71. The van der Waals surface area contributed by atoms with Crippen LogP contribution in [0.2, 0.25) is 0 Å². The highest BCUT2D eigenvalue weighted by Crippen LogP contribution is 2.34. The van der Waals surface area contributed by atoms with Gasteiger partial charge in [0.1, 0.15) is 29.8 Å². The second kappa shape index (κ2) is 8.47. The minimum Gasteiger partial charge on any atom is -0.474 e. The summed E-state index contributed by atoms with van der Waals surface area (Å²) in [5.41, 5.74) is 2.66. The summed E-state index contributed by atoms with van der Waals surface area (Å²) < 4.78 is 36.6. The summed E-state index contributed by atoms with van der Waals surface area (Å²) >= 11 is 0. The standard InChI is InChI=1S/C22H22FN5O2S/c1-14-9-17(28-31(29)7-3-4-8-31)11-19-21(14)22(26-13-25-19)27-18-6-5-16(23)10-20(18)30-15(2)12-24/h5-6,9-11,13,15H,3-4,7-8H2,1-2H3,(H,25,26,27). The summed E-state index contributed by atoms with van der Waals surface area (Å²) in [6.45, 7) is 3.50. The summed E-state index contributed by atoms with van der Waals surface area (Å²) in [5.74, 6) is 1.52. The largest absolute Gasteiger partial charge is 0.474 e. The number of rotatable bonds is 5. The fraction of sp³-hybridized carbons (Fsp3) is 0.318. The van der Waals surface area contributed by atoms with E-state index in [0.29, 0.717) is 34.2 Å². The van der Waals surface area contributed by atoms with E-state index in [-0.39, 0.29) is 5.75 Å². The lowest BCUT2D eigenvalue weighted by Crippen LogP contribution is -2.10. The van der Waals surface area contributed by atoms with E-state index < -0.39 is 21.7 Å². The topological polar surface area (TPSA) is 100 Å². The molecule has 1 aliphatic heterocycles. The predicted octanol–water partition coefficient (Wildman–Crippen LogP) is 5.01. The van der Waals surface area contributed by atoms with Gasteiger partial charge < -0.3 is 10.1 Å². The Hall–Kier alpha value is -3.25. The summed E-state index contributed by atoms with van der Waals surface area (Å²) in [6.07, 6.45) is 2.56. The van der Waals surface area contributed by atoms with E-state index >= 15 is 0 Å². The molecule has 0 aliphatic carbocycles. The number of benzene rings is 2. The van der Waals surface area contributed by atoms with Gasteiger partial charge in [-0.25, -0.2) is 18.6 Å². The maximum absolute atomic E-state index is 13.7. The molecule has 1 fully saturated rings. The zero-order valence-electron chi connectivity index (χ0n) is 17.3. The van der Waals surface area contributed by atoms with Gasteiger partial charge >= 0.3 is 0 Å². The highest BCUT2D eigenvalue weighted by molar-refractivity contribution is 7.93. The number of hydrogen-bond donors (Lipinski definition) is 1. The molecule has 0 saturated carbocycles. The Labute approximate surface area is 180 Å². The highest BCUT2D eigenvalue weighted by Gasteiger charge is 2.18. The molecule has 9 heteroatoms. The van der Waals surface area contributed by atoms with Crippen molar-refractivity contribution in [2.75, 3.05) is 16.8 Å². The molecule has 0 amide bonds. The van der Waals surface area contributed by atoms with Crippen molar-refractivity contribution in [3.63, 3.8) is 0 Å². The smallest absolute Gasteiger partial charge is 0.181 e. The zero-order valence-corrected chi connectivity index (χ0v) is 18.1. The molecule has 4 rings (SSSR count).